The maximum absolute atomic E-state index is 12.7. The first-order valence-electron chi connectivity index (χ1n) is 8.05. The van der Waals surface area contributed by atoms with Crippen LogP contribution < -0.4 is 0 Å². The van der Waals surface area contributed by atoms with E-state index in [1.54, 1.807) is 11.3 Å². The molecule has 0 bridgehead atoms. The van der Waals surface area contributed by atoms with Gasteiger partial charge in [0.1, 0.15) is 0 Å². The van der Waals surface area contributed by atoms with E-state index in [1.165, 1.54) is 0 Å². The number of benzene rings is 1. The lowest BCUT2D eigenvalue weighted by atomic mass is 9.86. The van der Waals surface area contributed by atoms with E-state index in [4.69, 9.17) is 0 Å². The van der Waals surface area contributed by atoms with E-state index >= 15 is 0 Å². The van der Waals surface area contributed by atoms with Gasteiger partial charge in [0.05, 0.1) is 11.2 Å². The van der Waals surface area contributed by atoms with E-state index in [0.29, 0.717) is 5.92 Å². The number of aliphatic hydroxyl groups excluding tert-OH is 1. The van der Waals surface area contributed by atoms with Gasteiger partial charge >= 0.3 is 0 Å². The average molecular weight is 330 g/mol. The highest BCUT2D eigenvalue weighted by Gasteiger charge is 2.26. The molecule has 1 aliphatic rings. The van der Waals surface area contributed by atoms with Gasteiger partial charge in [0.15, 0.2) is 0 Å². The van der Waals surface area contributed by atoms with Crippen molar-refractivity contribution in [2.24, 2.45) is 5.92 Å². The first-order valence-corrected chi connectivity index (χ1v) is 9.00. The lowest BCUT2D eigenvalue weighted by molar-refractivity contribution is 0.0653. The standard InChI is InChI=1S/C18H22N2O2S/c1-20(16-8-2-13(10-21)3-9-16)18(22)15-6-4-14(5-7-15)17-11-23-12-19-17/h4-7,11-13,16,21H,2-3,8-10H2,1H3. The fourth-order valence-corrected chi connectivity index (χ4v) is 3.78. The maximum atomic E-state index is 12.7. The number of aliphatic hydroxyl groups is 1. The number of nitrogens with zero attached hydrogens (tertiary/aromatic N) is 2. The summed E-state index contributed by atoms with van der Waals surface area (Å²) in [6, 6.07) is 7.96. The van der Waals surface area contributed by atoms with Crippen molar-refractivity contribution in [2.75, 3.05) is 13.7 Å². The van der Waals surface area contributed by atoms with Crippen molar-refractivity contribution in [3.05, 3.63) is 40.7 Å². The molecule has 3 rings (SSSR count). The van der Waals surface area contributed by atoms with Gasteiger partial charge in [-0.05, 0) is 43.7 Å². The number of hydrogen-bond acceptors (Lipinski definition) is 4. The molecular weight excluding hydrogens is 308 g/mol. The Kier molecular flexibility index (Phi) is 5.08. The highest BCUT2D eigenvalue weighted by atomic mass is 32.1. The van der Waals surface area contributed by atoms with Gasteiger partial charge in [-0.3, -0.25) is 4.79 Å². The third-order valence-electron chi connectivity index (χ3n) is 4.80. The molecule has 0 radical (unpaired) electrons. The summed E-state index contributed by atoms with van der Waals surface area (Å²) in [5.74, 6) is 0.481. The third kappa shape index (κ3) is 3.62. The maximum Gasteiger partial charge on any atom is 0.253 e. The summed E-state index contributed by atoms with van der Waals surface area (Å²) < 4.78 is 0. The molecule has 1 amide bonds. The van der Waals surface area contributed by atoms with Crippen LogP contribution in [0.4, 0.5) is 0 Å². The minimum atomic E-state index is 0.0716. The second-order valence-corrected chi connectivity index (χ2v) is 6.94. The molecule has 0 unspecified atom stereocenters. The van der Waals surface area contributed by atoms with Gasteiger partial charge in [-0.1, -0.05) is 12.1 Å². The van der Waals surface area contributed by atoms with E-state index in [9.17, 15) is 9.90 Å². The van der Waals surface area contributed by atoms with Gasteiger partial charge in [-0.15, -0.1) is 11.3 Å². The Hall–Kier alpha value is -1.72. The van der Waals surface area contributed by atoms with Crippen LogP contribution in [0.3, 0.4) is 0 Å². The zero-order valence-corrected chi connectivity index (χ0v) is 14.1. The quantitative estimate of drug-likeness (QED) is 0.934. The SMILES string of the molecule is CN(C(=O)c1ccc(-c2cscn2)cc1)C1CCC(CO)CC1. The Labute approximate surface area is 140 Å². The molecule has 1 aromatic carbocycles. The van der Waals surface area contributed by atoms with Crippen molar-refractivity contribution >= 4 is 17.2 Å². The van der Waals surface area contributed by atoms with Crippen LogP contribution in [0.2, 0.25) is 0 Å². The predicted molar refractivity (Wildman–Crippen MR) is 92.5 cm³/mol. The second kappa shape index (κ2) is 7.23. The molecule has 1 fully saturated rings. The number of rotatable bonds is 4. The van der Waals surface area contributed by atoms with Crippen LogP contribution in [0.25, 0.3) is 11.3 Å². The summed E-state index contributed by atoms with van der Waals surface area (Å²) in [7, 11) is 1.89. The molecule has 0 saturated heterocycles. The highest BCUT2D eigenvalue weighted by molar-refractivity contribution is 7.07. The van der Waals surface area contributed by atoms with Gasteiger partial charge in [0.2, 0.25) is 0 Å². The minimum Gasteiger partial charge on any atom is -0.396 e. The fourth-order valence-electron chi connectivity index (χ4n) is 3.22. The Bertz CT molecular complexity index is 632. The fraction of sp³-hybridized carbons (Fsp3) is 0.444. The minimum absolute atomic E-state index is 0.0716. The molecule has 0 atom stereocenters. The normalized spacial score (nSPS) is 21.1. The number of thiazole rings is 1. The second-order valence-electron chi connectivity index (χ2n) is 6.22. The molecule has 4 nitrogen and oxygen atoms in total. The molecule has 1 aliphatic carbocycles. The molecule has 1 N–H and O–H groups in total. The van der Waals surface area contributed by atoms with Crippen LogP contribution >= 0.6 is 11.3 Å². The van der Waals surface area contributed by atoms with E-state index in [1.807, 2.05) is 47.1 Å². The van der Waals surface area contributed by atoms with Gasteiger partial charge in [0.25, 0.3) is 5.91 Å². The van der Waals surface area contributed by atoms with Crippen molar-refractivity contribution in [1.29, 1.82) is 0 Å². The molecule has 1 saturated carbocycles. The molecule has 5 heteroatoms. The molecule has 122 valence electrons. The monoisotopic (exact) mass is 330 g/mol. The number of carbonyl (C=O) groups excluding carboxylic acids is 1. The first-order chi connectivity index (χ1) is 11.2. The topological polar surface area (TPSA) is 53.4 Å². The largest absolute Gasteiger partial charge is 0.396 e. The van der Waals surface area contributed by atoms with Crippen molar-refractivity contribution < 1.29 is 9.90 Å². The first kappa shape index (κ1) is 16.1. The summed E-state index contributed by atoms with van der Waals surface area (Å²) in [5.41, 5.74) is 4.51. The molecule has 23 heavy (non-hydrogen) atoms. The number of hydrogen-bond donors (Lipinski definition) is 1. The molecule has 0 aliphatic heterocycles. The van der Waals surface area contributed by atoms with Crippen molar-refractivity contribution in [2.45, 2.75) is 31.7 Å². The van der Waals surface area contributed by atoms with Crippen molar-refractivity contribution in [3.63, 3.8) is 0 Å². The lowest BCUT2D eigenvalue weighted by Gasteiger charge is -2.34. The molecule has 1 heterocycles. The number of carbonyl (C=O) groups is 1. The molecule has 0 spiro atoms. The summed E-state index contributed by atoms with van der Waals surface area (Å²) in [6.07, 6.45) is 3.96. The summed E-state index contributed by atoms with van der Waals surface area (Å²) in [5, 5.41) is 11.2. The highest BCUT2D eigenvalue weighted by Crippen LogP contribution is 2.27. The Morgan fingerprint density at radius 3 is 2.52 bits per heavy atom. The van der Waals surface area contributed by atoms with Gasteiger partial charge in [-0.25, -0.2) is 4.98 Å². The Morgan fingerprint density at radius 1 is 1.26 bits per heavy atom. The van der Waals surface area contributed by atoms with E-state index in [-0.39, 0.29) is 18.6 Å². The average Bonchev–Trinajstić information content (AvgIpc) is 3.15. The van der Waals surface area contributed by atoms with Crippen LogP contribution in [-0.4, -0.2) is 40.6 Å². The molecular formula is C18H22N2O2S. The molecule has 1 aromatic heterocycles. The van der Waals surface area contributed by atoms with Gasteiger partial charge in [-0.2, -0.15) is 0 Å². The van der Waals surface area contributed by atoms with Crippen LogP contribution in [-0.2, 0) is 0 Å². The Balaban J connectivity index is 1.65. The van der Waals surface area contributed by atoms with Gasteiger partial charge < -0.3 is 10.0 Å². The van der Waals surface area contributed by atoms with E-state index < -0.39 is 0 Å². The van der Waals surface area contributed by atoms with E-state index in [2.05, 4.69) is 4.98 Å². The van der Waals surface area contributed by atoms with Crippen LogP contribution in [0.5, 0.6) is 0 Å². The lowest BCUT2D eigenvalue weighted by Crippen LogP contribution is -2.39. The van der Waals surface area contributed by atoms with Crippen LogP contribution in [0.1, 0.15) is 36.0 Å². The van der Waals surface area contributed by atoms with Crippen molar-refractivity contribution in [3.8, 4) is 11.3 Å². The zero-order chi connectivity index (χ0) is 16.2. The number of aromatic nitrogens is 1. The summed E-state index contributed by atoms with van der Waals surface area (Å²) in [4.78, 5) is 18.8. The van der Waals surface area contributed by atoms with Crippen LogP contribution in [0, 0.1) is 5.92 Å². The molecule has 2 aromatic rings. The predicted octanol–water partition coefficient (Wildman–Crippen LogP) is 3.43. The zero-order valence-electron chi connectivity index (χ0n) is 13.3. The van der Waals surface area contributed by atoms with Gasteiger partial charge in [0, 0.05) is 36.2 Å². The van der Waals surface area contributed by atoms with E-state index in [0.717, 1.165) is 42.5 Å². The number of amides is 1. The third-order valence-corrected chi connectivity index (χ3v) is 5.39. The Morgan fingerprint density at radius 2 is 1.96 bits per heavy atom. The summed E-state index contributed by atoms with van der Waals surface area (Å²) in [6.45, 7) is 0.266. The smallest absolute Gasteiger partial charge is 0.253 e. The van der Waals surface area contributed by atoms with Crippen molar-refractivity contribution in [1.82, 2.24) is 9.88 Å². The van der Waals surface area contributed by atoms with Crippen LogP contribution in [0.15, 0.2) is 35.2 Å². The summed E-state index contributed by atoms with van der Waals surface area (Å²) >= 11 is 1.57.